The minimum absolute atomic E-state index is 0.107. The second-order valence-corrected chi connectivity index (χ2v) is 6.60. The van der Waals surface area contributed by atoms with E-state index >= 15 is 0 Å². The molecule has 26 heavy (non-hydrogen) atoms. The Morgan fingerprint density at radius 1 is 0.962 bits per heavy atom. The van der Waals surface area contributed by atoms with E-state index in [9.17, 15) is 4.79 Å². The number of hydrogen-bond donors (Lipinski definition) is 0. The average Bonchev–Trinajstić information content (AvgIpc) is 3.49. The van der Waals surface area contributed by atoms with Gasteiger partial charge in [0.25, 0.3) is 0 Å². The Labute approximate surface area is 157 Å². The Hall–Kier alpha value is -2.62. The summed E-state index contributed by atoms with van der Waals surface area (Å²) in [5, 5.41) is 0.498. The van der Waals surface area contributed by atoms with Crippen LogP contribution >= 0.6 is 11.6 Å². The summed E-state index contributed by atoms with van der Waals surface area (Å²) < 4.78 is 11.5. The number of epoxide rings is 1. The standard InChI is InChI=1S/C22H17ClO3/c23-17-11-12-19(25-14-15-7-3-1-4-8-15)18(13-17)20(24)22-21(26-22)16-9-5-2-6-10-16/h1-13,21-22H,14H2/t21-,22+/m0/s1. The van der Waals surface area contributed by atoms with E-state index in [4.69, 9.17) is 21.1 Å². The van der Waals surface area contributed by atoms with Crippen LogP contribution in [-0.4, -0.2) is 11.9 Å². The molecular formula is C22H17ClO3. The van der Waals surface area contributed by atoms with E-state index in [-0.39, 0.29) is 11.9 Å². The fourth-order valence-corrected chi connectivity index (χ4v) is 3.09. The molecule has 1 aliphatic rings. The van der Waals surface area contributed by atoms with Crippen LogP contribution in [0.15, 0.2) is 78.9 Å². The Kier molecular flexibility index (Phi) is 4.74. The first-order valence-corrected chi connectivity index (χ1v) is 8.81. The van der Waals surface area contributed by atoms with E-state index in [1.807, 2.05) is 60.7 Å². The molecule has 0 amide bonds. The molecule has 4 rings (SSSR count). The van der Waals surface area contributed by atoms with E-state index in [0.717, 1.165) is 11.1 Å². The Bertz CT molecular complexity index is 909. The zero-order chi connectivity index (χ0) is 17.9. The summed E-state index contributed by atoms with van der Waals surface area (Å²) >= 11 is 6.11. The van der Waals surface area contributed by atoms with Gasteiger partial charge in [0.2, 0.25) is 0 Å². The maximum absolute atomic E-state index is 12.9. The largest absolute Gasteiger partial charge is 0.488 e. The molecule has 1 heterocycles. The molecule has 0 aliphatic carbocycles. The minimum Gasteiger partial charge on any atom is -0.488 e. The Balaban J connectivity index is 1.52. The summed E-state index contributed by atoms with van der Waals surface area (Å²) in [6.07, 6.45) is -0.695. The molecule has 1 saturated heterocycles. The SMILES string of the molecule is O=C(c1cc(Cl)ccc1OCc1ccccc1)[C@H]1O[C@H]1c1ccccc1. The van der Waals surface area contributed by atoms with E-state index in [2.05, 4.69) is 0 Å². The van der Waals surface area contributed by atoms with Crippen molar-refractivity contribution in [3.63, 3.8) is 0 Å². The van der Waals surface area contributed by atoms with Crippen molar-refractivity contribution in [2.75, 3.05) is 0 Å². The number of Topliss-reactive ketones (excluding diaryl/α,β-unsaturated/α-hetero) is 1. The molecule has 2 atom stereocenters. The normalized spacial score (nSPS) is 18.3. The minimum atomic E-state index is -0.491. The number of carbonyl (C=O) groups is 1. The van der Waals surface area contributed by atoms with Crippen LogP contribution in [-0.2, 0) is 11.3 Å². The van der Waals surface area contributed by atoms with Crippen LogP contribution in [0.3, 0.4) is 0 Å². The predicted molar refractivity (Wildman–Crippen MR) is 101 cm³/mol. The zero-order valence-corrected chi connectivity index (χ0v) is 14.7. The maximum Gasteiger partial charge on any atom is 0.198 e. The van der Waals surface area contributed by atoms with Crippen LogP contribution < -0.4 is 4.74 Å². The van der Waals surface area contributed by atoms with E-state index in [1.54, 1.807) is 18.2 Å². The number of ether oxygens (including phenoxy) is 2. The zero-order valence-electron chi connectivity index (χ0n) is 14.0. The fraction of sp³-hybridized carbons (Fsp3) is 0.136. The van der Waals surface area contributed by atoms with Crippen molar-refractivity contribution in [3.05, 3.63) is 101 Å². The first-order chi connectivity index (χ1) is 12.7. The van der Waals surface area contributed by atoms with Crippen molar-refractivity contribution in [3.8, 4) is 5.75 Å². The highest BCUT2D eigenvalue weighted by atomic mass is 35.5. The molecule has 130 valence electrons. The third-order valence-electron chi connectivity index (χ3n) is 4.32. The van der Waals surface area contributed by atoms with Crippen LogP contribution in [0.5, 0.6) is 5.75 Å². The molecule has 0 aromatic heterocycles. The number of carbonyl (C=O) groups excluding carboxylic acids is 1. The average molecular weight is 365 g/mol. The van der Waals surface area contributed by atoms with Gasteiger partial charge >= 0.3 is 0 Å². The third kappa shape index (κ3) is 3.64. The maximum atomic E-state index is 12.9. The fourth-order valence-electron chi connectivity index (χ4n) is 2.92. The lowest BCUT2D eigenvalue weighted by molar-refractivity contribution is 0.0949. The van der Waals surface area contributed by atoms with Gasteiger partial charge in [-0.05, 0) is 29.3 Å². The van der Waals surface area contributed by atoms with Gasteiger partial charge < -0.3 is 9.47 Å². The highest BCUT2D eigenvalue weighted by Gasteiger charge is 2.46. The van der Waals surface area contributed by atoms with E-state index in [1.165, 1.54) is 0 Å². The molecule has 0 N–H and O–H groups in total. The van der Waals surface area contributed by atoms with Gasteiger partial charge in [0.15, 0.2) is 11.9 Å². The topological polar surface area (TPSA) is 38.8 Å². The highest BCUT2D eigenvalue weighted by molar-refractivity contribution is 6.31. The van der Waals surface area contributed by atoms with Crippen molar-refractivity contribution in [1.82, 2.24) is 0 Å². The van der Waals surface area contributed by atoms with Gasteiger partial charge in [0.1, 0.15) is 18.5 Å². The first-order valence-electron chi connectivity index (χ1n) is 8.43. The number of ketones is 1. The molecule has 3 aromatic carbocycles. The molecule has 3 nitrogen and oxygen atoms in total. The molecule has 0 radical (unpaired) electrons. The van der Waals surface area contributed by atoms with Gasteiger partial charge in [0.05, 0.1) is 5.56 Å². The predicted octanol–water partition coefficient (Wildman–Crippen LogP) is 5.24. The van der Waals surface area contributed by atoms with Crippen LogP contribution in [0.2, 0.25) is 5.02 Å². The summed E-state index contributed by atoms with van der Waals surface area (Å²) in [4.78, 5) is 12.9. The summed E-state index contributed by atoms with van der Waals surface area (Å²) in [6, 6.07) is 24.7. The summed E-state index contributed by atoms with van der Waals surface area (Å²) in [5.74, 6) is 0.412. The summed E-state index contributed by atoms with van der Waals surface area (Å²) in [6.45, 7) is 0.385. The van der Waals surface area contributed by atoms with Gasteiger partial charge in [-0.3, -0.25) is 4.79 Å². The molecule has 4 heteroatoms. The van der Waals surface area contributed by atoms with Crippen molar-refractivity contribution in [2.24, 2.45) is 0 Å². The second kappa shape index (κ2) is 7.32. The smallest absolute Gasteiger partial charge is 0.198 e. The van der Waals surface area contributed by atoms with Crippen LogP contribution in [0, 0.1) is 0 Å². The lowest BCUT2D eigenvalue weighted by atomic mass is 10.0. The highest BCUT2D eigenvalue weighted by Crippen LogP contribution is 2.42. The molecular weight excluding hydrogens is 348 g/mol. The molecule has 0 bridgehead atoms. The molecule has 0 saturated carbocycles. The lowest BCUT2D eigenvalue weighted by Gasteiger charge is -2.11. The van der Waals surface area contributed by atoms with Crippen LogP contribution in [0.1, 0.15) is 27.6 Å². The molecule has 1 fully saturated rings. The summed E-state index contributed by atoms with van der Waals surface area (Å²) in [5.41, 5.74) is 2.49. The van der Waals surface area contributed by atoms with Crippen LogP contribution in [0.4, 0.5) is 0 Å². The van der Waals surface area contributed by atoms with E-state index in [0.29, 0.717) is 22.9 Å². The second-order valence-electron chi connectivity index (χ2n) is 6.17. The number of benzene rings is 3. The van der Waals surface area contributed by atoms with Crippen molar-refractivity contribution >= 4 is 17.4 Å². The summed E-state index contributed by atoms with van der Waals surface area (Å²) in [7, 11) is 0. The van der Waals surface area contributed by atoms with Gasteiger partial charge in [-0.1, -0.05) is 72.3 Å². The van der Waals surface area contributed by atoms with Crippen molar-refractivity contribution in [1.29, 1.82) is 0 Å². The van der Waals surface area contributed by atoms with Gasteiger partial charge in [-0.25, -0.2) is 0 Å². The van der Waals surface area contributed by atoms with Gasteiger partial charge in [-0.2, -0.15) is 0 Å². The molecule has 0 unspecified atom stereocenters. The number of halogens is 1. The monoisotopic (exact) mass is 364 g/mol. The first kappa shape index (κ1) is 16.8. The molecule has 3 aromatic rings. The molecule has 1 aliphatic heterocycles. The van der Waals surface area contributed by atoms with E-state index < -0.39 is 6.10 Å². The van der Waals surface area contributed by atoms with Crippen molar-refractivity contribution in [2.45, 2.75) is 18.8 Å². The Morgan fingerprint density at radius 2 is 1.65 bits per heavy atom. The number of hydrogen-bond acceptors (Lipinski definition) is 3. The quantitative estimate of drug-likeness (QED) is 0.443. The lowest BCUT2D eigenvalue weighted by Crippen LogP contribution is -2.11. The Morgan fingerprint density at radius 3 is 2.38 bits per heavy atom. The van der Waals surface area contributed by atoms with Gasteiger partial charge in [0, 0.05) is 5.02 Å². The third-order valence-corrected chi connectivity index (χ3v) is 4.56. The molecule has 0 spiro atoms. The van der Waals surface area contributed by atoms with Crippen molar-refractivity contribution < 1.29 is 14.3 Å². The number of rotatable bonds is 6. The van der Waals surface area contributed by atoms with Gasteiger partial charge in [-0.15, -0.1) is 0 Å². The van der Waals surface area contributed by atoms with Crippen LogP contribution in [0.25, 0.3) is 0 Å².